The van der Waals surface area contributed by atoms with Gasteiger partial charge < -0.3 is 14.2 Å². The first kappa shape index (κ1) is 14.8. The van der Waals surface area contributed by atoms with E-state index in [0.717, 1.165) is 5.57 Å². The van der Waals surface area contributed by atoms with Gasteiger partial charge in [-0.2, -0.15) is 0 Å². The minimum Gasteiger partial charge on any atom is -0.392 e. The SMILES string of the molecule is CCOP(=O)(CC/C=C(/C)CO)OCC. The van der Waals surface area contributed by atoms with Gasteiger partial charge in [0.25, 0.3) is 0 Å². The van der Waals surface area contributed by atoms with E-state index in [0.29, 0.717) is 25.8 Å². The number of aliphatic hydroxyl groups is 1. The van der Waals surface area contributed by atoms with Crippen LogP contribution in [0.3, 0.4) is 0 Å². The second-order valence-electron chi connectivity index (χ2n) is 3.17. The molecule has 0 heterocycles. The van der Waals surface area contributed by atoms with Crippen LogP contribution in [-0.4, -0.2) is 31.1 Å². The Balaban J connectivity index is 4.12. The molecule has 5 heteroatoms. The maximum Gasteiger partial charge on any atom is 0.330 e. The molecule has 0 fully saturated rings. The molecule has 0 rings (SSSR count). The van der Waals surface area contributed by atoms with Gasteiger partial charge in [0.1, 0.15) is 0 Å². The standard InChI is InChI=1S/C10H21O4P/c1-4-13-15(12,14-5-2)8-6-7-10(3)9-11/h7,11H,4-6,8-9H2,1-3H3/b10-7-. The highest BCUT2D eigenvalue weighted by atomic mass is 31.2. The van der Waals surface area contributed by atoms with Crippen LogP contribution in [0.15, 0.2) is 11.6 Å². The van der Waals surface area contributed by atoms with E-state index in [4.69, 9.17) is 14.2 Å². The van der Waals surface area contributed by atoms with Gasteiger partial charge in [-0.1, -0.05) is 11.6 Å². The molecule has 1 N–H and O–H groups in total. The molecule has 0 spiro atoms. The summed E-state index contributed by atoms with van der Waals surface area (Å²) in [6.45, 7) is 6.22. The van der Waals surface area contributed by atoms with Crippen LogP contribution < -0.4 is 0 Å². The fraction of sp³-hybridized carbons (Fsp3) is 0.800. The Morgan fingerprint density at radius 3 is 2.27 bits per heavy atom. The second-order valence-corrected chi connectivity index (χ2v) is 5.35. The summed E-state index contributed by atoms with van der Waals surface area (Å²) in [5, 5.41) is 8.77. The smallest absolute Gasteiger partial charge is 0.330 e. The molecule has 90 valence electrons. The van der Waals surface area contributed by atoms with Crippen molar-refractivity contribution in [2.24, 2.45) is 0 Å². The molecular weight excluding hydrogens is 215 g/mol. The second kappa shape index (κ2) is 8.05. The van der Waals surface area contributed by atoms with Crippen molar-refractivity contribution in [3.05, 3.63) is 11.6 Å². The first-order valence-electron chi connectivity index (χ1n) is 5.22. The predicted octanol–water partition coefficient (Wildman–Crippen LogP) is 2.58. The lowest BCUT2D eigenvalue weighted by Gasteiger charge is -2.15. The zero-order chi connectivity index (χ0) is 11.7. The summed E-state index contributed by atoms with van der Waals surface area (Å²) in [4.78, 5) is 0. The van der Waals surface area contributed by atoms with Crippen LogP contribution in [0, 0.1) is 0 Å². The van der Waals surface area contributed by atoms with E-state index in [1.165, 1.54) is 0 Å². The summed E-state index contributed by atoms with van der Waals surface area (Å²) in [5.41, 5.74) is 0.870. The third-order valence-corrected chi connectivity index (χ3v) is 3.91. The Kier molecular flexibility index (Phi) is 7.97. The summed E-state index contributed by atoms with van der Waals surface area (Å²) < 4.78 is 22.2. The van der Waals surface area contributed by atoms with Crippen molar-refractivity contribution in [3.63, 3.8) is 0 Å². The van der Waals surface area contributed by atoms with Crippen LogP contribution in [0.4, 0.5) is 0 Å². The van der Waals surface area contributed by atoms with Gasteiger partial charge in [-0.3, -0.25) is 4.57 Å². The number of hydrogen-bond acceptors (Lipinski definition) is 4. The van der Waals surface area contributed by atoms with Crippen LogP contribution in [0.1, 0.15) is 27.2 Å². The van der Waals surface area contributed by atoms with Gasteiger partial charge in [0.05, 0.1) is 26.0 Å². The van der Waals surface area contributed by atoms with Crippen molar-refractivity contribution in [1.29, 1.82) is 0 Å². The monoisotopic (exact) mass is 236 g/mol. The topological polar surface area (TPSA) is 55.8 Å². The Morgan fingerprint density at radius 1 is 1.33 bits per heavy atom. The van der Waals surface area contributed by atoms with Gasteiger partial charge in [0, 0.05) is 0 Å². The highest BCUT2D eigenvalue weighted by Crippen LogP contribution is 2.48. The molecule has 0 unspecified atom stereocenters. The molecule has 4 nitrogen and oxygen atoms in total. The van der Waals surface area contributed by atoms with Crippen molar-refractivity contribution >= 4 is 7.60 Å². The average molecular weight is 236 g/mol. The van der Waals surface area contributed by atoms with Crippen LogP contribution in [-0.2, 0) is 13.6 Å². The lowest BCUT2D eigenvalue weighted by molar-refractivity contribution is 0.220. The molecule has 0 radical (unpaired) electrons. The number of allylic oxidation sites excluding steroid dienone is 1. The van der Waals surface area contributed by atoms with Crippen molar-refractivity contribution in [2.45, 2.75) is 27.2 Å². The van der Waals surface area contributed by atoms with Gasteiger partial charge in [-0.15, -0.1) is 0 Å². The molecule has 0 aliphatic carbocycles. The minimum absolute atomic E-state index is 0.0353. The largest absolute Gasteiger partial charge is 0.392 e. The summed E-state index contributed by atoms with van der Waals surface area (Å²) in [5.74, 6) is 0. The minimum atomic E-state index is -2.91. The zero-order valence-corrected chi connectivity index (χ0v) is 10.6. The summed E-state index contributed by atoms with van der Waals surface area (Å²) in [6.07, 6.45) is 2.82. The van der Waals surface area contributed by atoms with E-state index in [-0.39, 0.29) is 6.61 Å². The van der Waals surface area contributed by atoms with Crippen LogP contribution in [0.25, 0.3) is 0 Å². The third kappa shape index (κ3) is 6.85. The molecule has 0 aromatic rings. The molecule has 0 atom stereocenters. The Bertz CT molecular complexity index is 228. The lowest BCUT2D eigenvalue weighted by atomic mass is 10.3. The average Bonchev–Trinajstić information content (AvgIpc) is 2.18. The van der Waals surface area contributed by atoms with E-state index in [2.05, 4.69) is 0 Å². The van der Waals surface area contributed by atoms with E-state index in [1.54, 1.807) is 13.8 Å². The Labute approximate surface area is 91.8 Å². The molecule has 15 heavy (non-hydrogen) atoms. The van der Waals surface area contributed by atoms with Gasteiger partial charge >= 0.3 is 7.60 Å². The maximum absolute atomic E-state index is 11.9. The molecule has 0 amide bonds. The number of rotatable bonds is 8. The van der Waals surface area contributed by atoms with Crippen LogP contribution in [0.2, 0.25) is 0 Å². The molecule has 0 saturated carbocycles. The number of hydrogen-bond donors (Lipinski definition) is 1. The fourth-order valence-corrected chi connectivity index (χ4v) is 2.66. The first-order chi connectivity index (χ1) is 7.08. The highest BCUT2D eigenvalue weighted by Gasteiger charge is 2.21. The summed E-state index contributed by atoms with van der Waals surface area (Å²) in [7, 11) is -2.91. The normalized spacial score (nSPS) is 13.2. The van der Waals surface area contributed by atoms with Gasteiger partial charge in [0.15, 0.2) is 0 Å². The molecular formula is C10H21O4P. The van der Waals surface area contributed by atoms with Gasteiger partial charge in [-0.05, 0) is 27.2 Å². The molecule has 0 saturated heterocycles. The highest BCUT2D eigenvalue weighted by molar-refractivity contribution is 7.53. The van der Waals surface area contributed by atoms with E-state index in [1.807, 2.05) is 13.0 Å². The maximum atomic E-state index is 11.9. The van der Waals surface area contributed by atoms with Crippen molar-refractivity contribution in [1.82, 2.24) is 0 Å². The van der Waals surface area contributed by atoms with E-state index >= 15 is 0 Å². The Morgan fingerprint density at radius 2 is 1.87 bits per heavy atom. The summed E-state index contributed by atoms with van der Waals surface area (Å²) in [6, 6.07) is 0. The molecule has 0 aliphatic heterocycles. The molecule has 0 aliphatic rings. The number of aliphatic hydroxyl groups excluding tert-OH is 1. The third-order valence-electron chi connectivity index (χ3n) is 1.80. The predicted molar refractivity (Wildman–Crippen MR) is 61.2 cm³/mol. The molecule has 0 aromatic heterocycles. The summed E-state index contributed by atoms with van der Waals surface area (Å²) >= 11 is 0. The molecule has 0 aromatic carbocycles. The molecule has 0 bridgehead atoms. The zero-order valence-electron chi connectivity index (χ0n) is 9.73. The van der Waals surface area contributed by atoms with Crippen molar-refractivity contribution < 1.29 is 18.7 Å². The van der Waals surface area contributed by atoms with Crippen molar-refractivity contribution in [2.75, 3.05) is 26.0 Å². The van der Waals surface area contributed by atoms with Crippen molar-refractivity contribution in [3.8, 4) is 0 Å². The van der Waals surface area contributed by atoms with Crippen LogP contribution >= 0.6 is 7.60 Å². The van der Waals surface area contributed by atoms with E-state index < -0.39 is 7.60 Å². The lowest BCUT2D eigenvalue weighted by Crippen LogP contribution is -2.00. The first-order valence-corrected chi connectivity index (χ1v) is 6.95. The van der Waals surface area contributed by atoms with Gasteiger partial charge in [0.2, 0.25) is 0 Å². The Hall–Kier alpha value is -0.150. The van der Waals surface area contributed by atoms with Gasteiger partial charge in [-0.25, -0.2) is 0 Å². The van der Waals surface area contributed by atoms with Crippen LogP contribution in [0.5, 0.6) is 0 Å². The van der Waals surface area contributed by atoms with E-state index in [9.17, 15) is 4.57 Å². The quantitative estimate of drug-likeness (QED) is 0.520. The fourth-order valence-electron chi connectivity index (χ4n) is 1.09.